The Morgan fingerprint density at radius 1 is 0.947 bits per heavy atom. The summed E-state index contributed by atoms with van der Waals surface area (Å²) in [6.07, 6.45) is 1.39. The second kappa shape index (κ2) is 11.0. The summed E-state index contributed by atoms with van der Waals surface area (Å²) in [5.74, 6) is -1.33. The number of anilines is 3. The summed E-state index contributed by atoms with van der Waals surface area (Å²) >= 11 is 11.3. The second-order valence-electron chi connectivity index (χ2n) is 8.79. The topological polar surface area (TPSA) is 117 Å². The van der Waals surface area contributed by atoms with Gasteiger partial charge in [-0.05, 0) is 48.6 Å². The van der Waals surface area contributed by atoms with Crippen molar-refractivity contribution in [2.75, 3.05) is 67.3 Å². The summed E-state index contributed by atoms with van der Waals surface area (Å²) in [5, 5.41) is 15.1. The van der Waals surface area contributed by atoms with Gasteiger partial charge in [0, 0.05) is 48.5 Å². The number of morpholine rings is 2. The molecule has 1 N–H and O–H groups in total. The highest BCUT2D eigenvalue weighted by atomic mass is 35.5. The molecule has 0 atom stereocenters. The van der Waals surface area contributed by atoms with Crippen LogP contribution in [0.3, 0.4) is 0 Å². The molecule has 3 aliphatic heterocycles. The van der Waals surface area contributed by atoms with E-state index in [4.69, 9.17) is 33.3 Å². The number of halogens is 1. The number of nitrogens with one attached hydrogen (secondary N) is 1. The molecule has 0 unspecified atom stereocenters. The Hall–Kier alpha value is -3.58. The van der Waals surface area contributed by atoms with Gasteiger partial charge in [-0.2, -0.15) is 0 Å². The molecule has 3 heterocycles. The third-order valence-electron chi connectivity index (χ3n) is 6.51. The molecular formula is C25H24ClN5O6S. The van der Waals surface area contributed by atoms with Crippen molar-refractivity contribution in [3.8, 4) is 0 Å². The maximum atomic E-state index is 13.5. The van der Waals surface area contributed by atoms with Crippen LogP contribution in [0.15, 0.2) is 42.0 Å². The maximum absolute atomic E-state index is 13.5. The predicted molar refractivity (Wildman–Crippen MR) is 147 cm³/mol. The standard InChI is InChI=1S/C25H24ClN5O6S/c26-17-1-3-18(4-2-17)30-24(33)19(23(32)27-25(30)38)13-16-14-22(31(34)35)21(29-7-11-37-12-8-29)15-20(16)28-5-9-36-10-6-28/h1-4,13-15H,5-12H2,(H,27,32,38). The van der Waals surface area contributed by atoms with Crippen molar-refractivity contribution >= 4 is 69.6 Å². The maximum Gasteiger partial charge on any atom is 0.293 e. The Morgan fingerprint density at radius 3 is 2.11 bits per heavy atom. The van der Waals surface area contributed by atoms with E-state index < -0.39 is 16.7 Å². The number of nitrogens with zero attached hydrogens (tertiary/aromatic N) is 4. The molecule has 2 amide bonds. The molecule has 0 aromatic heterocycles. The summed E-state index contributed by atoms with van der Waals surface area (Å²) in [5.41, 5.74) is 1.61. The number of thiocarbonyl (C=S) groups is 1. The Labute approximate surface area is 228 Å². The fourth-order valence-corrected chi connectivity index (χ4v) is 5.02. The first kappa shape index (κ1) is 26.0. The first-order chi connectivity index (χ1) is 18.3. The molecule has 5 rings (SSSR count). The third-order valence-corrected chi connectivity index (χ3v) is 7.05. The number of ether oxygens (including phenoxy) is 2. The SMILES string of the molecule is O=C1NC(=S)N(c2ccc(Cl)cc2)C(=O)C1=Cc1cc([N+](=O)[O-])c(N2CCOCC2)cc1N1CCOCC1. The third kappa shape index (κ3) is 5.20. The average Bonchev–Trinajstić information content (AvgIpc) is 2.92. The highest BCUT2D eigenvalue weighted by molar-refractivity contribution is 7.80. The molecule has 0 bridgehead atoms. The molecule has 0 aliphatic carbocycles. The van der Waals surface area contributed by atoms with Crippen LogP contribution in [-0.4, -0.2) is 74.5 Å². The number of nitro groups is 1. The van der Waals surface area contributed by atoms with E-state index in [0.29, 0.717) is 80.3 Å². The molecule has 0 radical (unpaired) electrons. The molecule has 2 aromatic carbocycles. The van der Waals surface area contributed by atoms with Crippen LogP contribution in [0.2, 0.25) is 5.02 Å². The Balaban J connectivity index is 1.62. The summed E-state index contributed by atoms with van der Waals surface area (Å²) in [7, 11) is 0. The van der Waals surface area contributed by atoms with E-state index in [1.54, 1.807) is 30.3 Å². The van der Waals surface area contributed by atoms with Gasteiger partial charge in [0.2, 0.25) is 0 Å². The van der Waals surface area contributed by atoms with Crippen molar-refractivity contribution in [1.29, 1.82) is 0 Å². The molecule has 38 heavy (non-hydrogen) atoms. The molecule has 3 saturated heterocycles. The highest BCUT2D eigenvalue weighted by Crippen LogP contribution is 2.38. The van der Waals surface area contributed by atoms with Gasteiger partial charge >= 0.3 is 0 Å². The van der Waals surface area contributed by atoms with Gasteiger partial charge in [-0.3, -0.25) is 29.9 Å². The fraction of sp³-hybridized carbons (Fsp3) is 0.320. The van der Waals surface area contributed by atoms with E-state index in [1.807, 2.05) is 9.80 Å². The number of rotatable bonds is 5. The molecule has 2 aromatic rings. The van der Waals surface area contributed by atoms with Crippen molar-refractivity contribution in [3.63, 3.8) is 0 Å². The number of carbonyl (C=O) groups is 2. The number of nitro benzene ring substituents is 1. The van der Waals surface area contributed by atoms with Gasteiger partial charge in [0.05, 0.1) is 37.0 Å². The minimum absolute atomic E-state index is 0.0680. The van der Waals surface area contributed by atoms with E-state index in [0.717, 1.165) is 0 Å². The zero-order valence-corrected chi connectivity index (χ0v) is 21.8. The van der Waals surface area contributed by atoms with Crippen LogP contribution in [0, 0.1) is 10.1 Å². The van der Waals surface area contributed by atoms with Crippen LogP contribution in [-0.2, 0) is 19.1 Å². The Morgan fingerprint density at radius 2 is 1.53 bits per heavy atom. The normalized spacial score (nSPS) is 19.7. The van der Waals surface area contributed by atoms with Gasteiger partial charge in [-0.1, -0.05) is 11.6 Å². The van der Waals surface area contributed by atoms with Crippen LogP contribution in [0.1, 0.15) is 5.56 Å². The Kier molecular flexibility index (Phi) is 7.56. The van der Waals surface area contributed by atoms with Crippen molar-refractivity contribution < 1.29 is 24.0 Å². The molecule has 3 fully saturated rings. The van der Waals surface area contributed by atoms with Crippen LogP contribution in [0.5, 0.6) is 0 Å². The van der Waals surface area contributed by atoms with Crippen LogP contribution >= 0.6 is 23.8 Å². The summed E-state index contributed by atoms with van der Waals surface area (Å²) in [4.78, 5) is 43.3. The fourth-order valence-electron chi connectivity index (χ4n) is 4.62. The molecule has 3 aliphatic rings. The highest BCUT2D eigenvalue weighted by Gasteiger charge is 2.35. The molecule has 11 nitrogen and oxygen atoms in total. The Bertz CT molecular complexity index is 1320. The van der Waals surface area contributed by atoms with Crippen LogP contribution in [0.25, 0.3) is 6.08 Å². The molecule has 0 saturated carbocycles. The molecule has 198 valence electrons. The lowest BCUT2D eigenvalue weighted by Gasteiger charge is -2.33. The lowest BCUT2D eigenvalue weighted by atomic mass is 10.0. The number of amides is 2. The summed E-state index contributed by atoms with van der Waals surface area (Å²) in [6, 6.07) is 9.62. The molecule has 13 heteroatoms. The zero-order chi connectivity index (χ0) is 26.8. The average molecular weight is 558 g/mol. The lowest BCUT2D eigenvalue weighted by Crippen LogP contribution is -2.54. The summed E-state index contributed by atoms with van der Waals surface area (Å²) in [6.45, 7) is 4.03. The van der Waals surface area contributed by atoms with Gasteiger partial charge in [0.25, 0.3) is 17.5 Å². The quantitative estimate of drug-likeness (QED) is 0.195. The summed E-state index contributed by atoms with van der Waals surface area (Å²) < 4.78 is 10.9. The molecule has 0 spiro atoms. The second-order valence-corrected chi connectivity index (χ2v) is 9.61. The van der Waals surface area contributed by atoms with E-state index in [2.05, 4.69) is 5.32 Å². The van der Waals surface area contributed by atoms with Gasteiger partial charge in [0.1, 0.15) is 11.3 Å². The largest absolute Gasteiger partial charge is 0.378 e. The van der Waals surface area contributed by atoms with Gasteiger partial charge in [-0.25, -0.2) is 0 Å². The van der Waals surface area contributed by atoms with Gasteiger partial charge in [0.15, 0.2) is 5.11 Å². The predicted octanol–water partition coefficient (Wildman–Crippen LogP) is 2.75. The molecular weight excluding hydrogens is 534 g/mol. The minimum Gasteiger partial charge on any atom is -0.378 e. The van der Waals surface area contributed by atoms with Crippen molar-refractivity contribution in [2.45, 2.75) is 0 Å². The lowest BCUT2D eigenvalue weighted by molar-refractivity contribution is -0.384. The number of hydrogen-bond acceptors (Lipinski definition) is 9. The van der Waals surface area contributed by atoms with E-state index in [1.165, 1.54) is 17.0 Å². The van der Waals surface area contributed by atoms with Gasteiger partial charge in [-0.15, -0.1) is 0 Å². The van der Waals surface area contributed by atoms with Crippen molar-refractivity contribution in [2.24, 2.45) is 0 Å². The van der Waals surface area contributed by atoms with E-state index >= 15 is 0 Å². The number of carbonyl (C=O) groups excluding carboxylic acids is 2. The van der Waals surface area contributed by atoms with Gasteiger partial charge < -0.3 is 19.3 Å². The van der Waals surface area contributed by atoms with Crippen molar-refractivity contribution in [1.82, 2.24) is 5.32 Å². The monoisotopic (exact) mass is 557 g/mol. The van der Waals surface area contributed by atoms with E-state index in [-0.39, 0.29) is 16.4 Å². The minimum atomic E-state index is -0.682. The van der Waals surface area contributed by atoms with E-state index in [9.17, 15) is 19.7 Å². The van der Waals surface area contributed by atoms with Crippen molar-refractivity contribution in [3.05, 3.63) is 62.7 Å². The number of hydrogen-bond donors (Lipinski definition) is 1. The number of benzene rings is 2. The first-order valence-electron chi connectivity index (χ1n) is 12.0. The van der Waals surface area contributed by atoms with Crippen LogP contribution in [0.4, 0.5) is 22.7 Å². The first-order valence-corrected chi connectivity index (χ1v) is 12.8. The van der Waals surface area contributed by atoms with Crippen LogP contribution < -0.4 is 20.0 Å². The smallest absolute Gasteiger partial charge is 0.293 e. The zero-order valence-electron chi connectivity index (χ0n) is 20.2.